The van der Waals surface area contributed by atoms with Crippen LogP contribution in [0.15, 0.2) is 29.4 Å². The van der Waals surface area contributed by atoms with E-state index >= 15 is 0 Å². The molecule has 1 aromatic heterocycles. The third-order valence-corrected chi connectivity index (χ3v) is 5.45. The molecule has 1 unspecified atom stereocenters. The van der Waals surface area contributed by atoms with Crippen LogP contribution < -0.4 is 5.32 Å². The average molecular weight is 391 g/mol. The van der Waals surface area contributed by atoms with Gasteiger partial charge in [-0.3, -0.25) is 4.79 Å². The summed E-state index contributed by atoms with van der Waals surface area (Å²) in [5, 5.41) is 12.0. The lowest BCUT2D eigenvalue weighted by molar-refractivity contribution is -0.120. The van der Waals surface area contributed by atoms with Crippen LogP contribution >= 0.6 is 11.8 Å². The first-order valence-corrected chi connectivity index (χ1v) is 10.1. The third-order valence-electron chi connectivity index (χ3n) is 4.32. The van der Waals surface area contributed by atoms with Crippen LogP contribution in [-0.2, 0) is 22.0 Å². The number of hydrogen-bond donors (Lipinski definition) is 1. The maximum Gasteiger partial charge on any atom is 0.233 e. The van der Waals surface area contributed by atoms with E-state index in [0.29, 0.717) is 13.2 Å². The molecule has 0 aliphatic rings. The number of nitrogens with one attached hydrogen (secondary N) is 1. The minimum absolute atomic E-state index is 0.00446. The van der Waals surface area contributed by atoms with Crippen molar-refractivity contribution in [1.29, 1.82) is 0 Å². The number of nitrogens with zero attached hydrogens (tertiary/aromatic N) is 3. The van der Waals surface area contributed by atoms with Crippen LogP contribution in [-0.4, -0.2) is 46.2 Å². The standard InChI is InChI=1S/C20H30N4O2S/c1-14(18(25)21-12-7-13-26-6)27-19-23-22-17(24(19)5)15-8-10-16(11-9-15)20(2,3)4/h8-11,14H,7,12-13H2,1-6H3,(H,21,25). The highest BCUT2D eigenvalue weighted by atomic mass is 32.2. The smallest absolute Gasteiger partial charge is 0.233 e. The summed E-state index contributed by atoms with van der Waals surface area (Å²) in [6.45, 7) is 9.72. The maximum atomic E-state index is 12.2. The van der Waals surface area contributed by atoms with Crippen LogP contribution in [0.2, 0.25) is 0 Å². The van der Waals surface area contributed by atoms with Gasteiger partial charge in [0, 0.05) is 32.9 Å². The predicted molar refractivity (Wildman–Crippen MR) is 110 cm³/mol. The topological polar surface area (TPSA) is 69.0 Å². The highest BCUT2D eigenvalue weighted by Gasteiger charge is 2.19. The first-order chi connectivity index (χ1) is 12.7. The Morgan fingerprint density at radius 1 is 1.26 bits per heavy atom. The molecule has 1 amide bonds. The highest BCUT2D eigenvalue weighted by molar-refractivity contribution is 8.00. The van der Waals surface area contributed by atoms with E-state index in [1.807, 2.05) is 18.5 Å². The van der Waals surface area contributed by atoms with Crippen molar-refractivity contribution in [2.45, 2.75) is 49.9 Å². The Hall–Kier alpha value is -1.86. The van der Waals surface area contributed by atoms with E-state index in [9.17, 15) is 4.79 Å². The van der Waals surface area contributed by atoms with E-state index in [1.165, 1.54) is 17.3 Å². The van der Waals surface area contributed by atoms with Gasteiger partial charge in [-0.2, -0.15) is 0 Å². The molecule has 6 nitrogen and oxygen atoms in total. The second-order valence-corrected chi connectivity index (χ2v) is 8.90. The molecule has 0 radical (unpaired) electrons. The summed E-state index contributed by atoms with van der Waals surface area (Å²) in [6, 6.07) is 8.41. The molecule has 0 saturated heterocycles. The molecule has 7 heteroatoms. The Morgan fingerprint density at radius 2 is 1.93 bits per heavy atom. The van der Waals surface area contributed by atoms with E-state index in [1.54, 1.807) is 7.11 Å². The zero-order valence-electron chi connectivity index (χ0n) is 17.1. The van der Waals surface area contributed by atoms with Gasteiger partial charge < -0.3 is 14.6 Å². The predicted octanol–water partition coefficient (Wildman–Crippen LogP) is 3.41. The Kier molecular flexibility index (Phi) is 7.44. The molecule has 2 rings (SSSR count). The first kappa shape index (κ1) is 21.4. The average Bonchev–Trinajstić information content (AvgIpc) is 2.98. The van der Waals surface area contributed by atoms with Gasteiger partial charge in [-0.15, -0.1) is 10.2 Å². The second kappa shape index (κ2) is 9.37. The monoisotopic (exact) mass is 390 g/mol. The van der Waals surface area contributed by atoms with Gasteiger partial charge in [0.2, 0.25) is 5.91 Å². The largest absolute Gasteiger partial charge is 0.385 e. The summed E-state index contributed by atoms with van der Waals surface area (Å²) in [4.78, 5) is 12.2. The molecule has 0 bridgehead atoms. The molecule has 2 aromatic rings. The summed E-state index contributed by atoms with van der Waals surface area (Å²) >= 11 is 1.41. The summed E-state index contributed by atoms with van der Waals surface area (Å²) in [5.41, 5.74) is 2.41. The van der Waals surface area contributed by atoms with Crippen LogP contribution in [0.5, 0.6) is 0 Å². The highest BCUT2D eigenvalue weighted by Crippen LogP contribution is 2.28. The fraction of sp³-hybridized carbons (Fsp3) is 0.550. The number of carbonyl (C=O) groups excluding carboxylic acids is 1. The number of rotatable bonds is 8. The molecule has 0 saturated carbocycles. The van der Waals surface area contributed by atoms with E-state index in [0.717, 1.165) is 23.0 Å². The van der Waals surface area contributed by atoms with Crippen molar-refractivity contribution < 1.29 is 9.53 Å². The van der Waals surface area contributed by atoms with Gasteiger partial charge in [0.25, 0.3) is 0 Å². The summed E-state index contributed by atoms with van der Waals surface area (Å²) in [6.07, 6.45) is 0.804. The minimum Gasteiger partial charge on any atom is -0.385 e. The van der Waals surface area contributed by atoms with E-state index in [2.05, 4.69) is 60.6 Å². The SMILES string of the molecule is COCCCNC(=O)C(C)Sc1nnc(-c2ccc(C(C)(C)C)cc2)n1C. The molecular formula is C20H30N4O2S. The van der Waals surface area contributed by atoms with Gasteiger partial charge >= 0.3 is 0 Å². The number of amides is 1. The van der Waals surface area contributed by atoms with Crippen molar-refractivity contribution in [3.05, 3.63) is 29.8 Å². The lowest BCUT2D eigenvalue weighted by Crippen LogP contribution is -2.32. The number of hydrogen-bond acceptors (Lipinski definition) is 5. The van der Waals surface area contributed by atoms with Gasteiger partial charge in [-0.25, -0.2) is 0 Å². The van der Waals surface area contributed by atoms with Gasteiger partial charge in [0.1, 0.15) is 0 Å². The van der Waals surface area contributed by atoms with Crippen LogP contribution in [0.3, 0.4) is 0 Å². The van der Waals surface area contributed by atoms with Crippen LogP contribution in [0.25, 0.3) is 11.4 Å². The van der Waals surface area contributed by atoms with Crippen molar-refractivity contribution in [3.8, 4) is 11.4 Å². The van der Waals surface area contributed by atoms with E-state index in [-0.39, 0.29) is 16.6 Å². The Balaban J connectivity index is 2.03. The van der Waals surface area contributed by atoms with Crippen molar-refractivity contribution in [1.82, 2.24) is 20.1 Å². The fourth-order valence-electron chi connectivity index (χ4n) is 2.57. The quantitative estimate of drug-likeness (QED) is 0.552. The molecule has 27 heavy (non-hydrogen) atoms. The van der Waals surface area contributed by atoms with Crippen molar-refractivity contribution in [2.24, 2.45) is 7.05 Å². The number of thioether (sulfide) groups is 1. The lowest BCUT2D eigenvalue weighted by atomic mass is 9.87. The molecule has 0 spiro atoms. The van der Waals surface area contributed by atoms with Crippen LogP contribution in [0.1, 0.15) is 39.7 Å². The zero-order chi connectivity index (χ0) is 20.0. The molecule has 148 valence electrons. The van der Waals surface area contributed by atoms with Gasteiger partial charge in [0.05, 0.1) is 5.25 Å². The normalized spacial score (nSPS) is 12.8. The summed E-state index contributed by atoms with van der Waals surface area (Å²) in [7, 11) is 3.58. The molecule has 0 fully saturated rings. The van der Waals surface area contributed by atoms with Crippen LogP contribution in [0, 0.1) is 0 Å². The third kappa shape index (κ3) is 5.81. The van der Waals surface area contributed by atoms with E-state index in [4.69, 9.17) is 4.74 Å². The lowest BCUT2D eigenvalue weighted by Gasteiger charge is -2.19. The number of ether oxygens (including phenoxy) is 1. The zero-order valence-corrected chi connectivity index (χ0v) is 17.9. The van der Waals surface area contributed by atoms with Gasteiger partial charge in [-0.05, 0) is 24.3 Å². The fourth-order valence-corrected chi connectivity index (χ4v) is 3.41. The second-order valence-electron chi connectivity index (χ2n) is 7.59. The number of carbonyl (C=O) groups is 1. The number of benzene rings is 1. The van der Waals surface area contributed by atoms with E-state index < -0.39 is 0 Å². The minimum atomic E-state index is -0.244. The maximum absolute atomic E-state index is 12.2. The molecule has 1 heterocycles. The number of methoxy groups -OCH3 is 1. The van der Waals surface area contributed by atoms with Gasteiger partial charge in [-0.1, -0.05) is 56.8 Å². The van der Waals surface area contributed by atoms with Gasteiger partial charge in [0.15, 0.2) is 11.0 Å². The Morgan fingerprint density at radius 3 is 2.52 bits per heavy atom. The van der Waals surface area contributed by atoms with Crippen molar-refractivity contribution in [2.75, 3.05) is 20.3 Å². The Labute approximate surface area is 166 Å². The molecule has 0 aliphatic heterocycles. The molecule has 1 aromatic carbocycles. The van der Waals surface area contributed by atoms with Crippen molar-refractivity contribution in [3.63, 3.8) is 0 Å². The summed E-state index contributed by atoms with van der Waals surface area (Å²) < 4.78 is 6.92. The molecule has 1 N–H and O–H groups in total. The molecular weight excluding hydrogens is 360 g/mol. The van der Waals surface area contributed by atoms with Crippen molar-refractivity contribution >= 4 is 17.7 Å². The Bertz CT molecular complexity index is 750. The molecule has 0 aliphatic carbocycles. The summed E-state index contributed by atoms with van der Waals surface area (Å²) in [5.74, 6) is 0.792. The number of aromatic nitrogens is 3. The molecule has 1 atom stereocenters. The van der Waals surface area contributed by atoms with Crippen LogP contribution in [0.4, 0.5) is 0 Å². The first-order valence-electron chi connectivity index (χ1n) is 9.17.